The molecule has 0 aliphatic carbocycles. The molecule has 0 saturated carbocycles. The van der Waals surface area contributed by atoms with E-state index in [1.165, 1.54) is 51.4 Å². The second kappa shape index (κ2) is 22.5. The maximum Gasteiger partial charge on any atom is 0.334 e. The highest BCUT2D eigenvalue weighted by Crippen LogP contribution is 2.24. The Kier molecular flexibility index (Phi) is 21.6. The summed E-state index contributed by atoms with van der Waals surface area (Å²) in [4.78, 5) is 25.9. The van der Waals surface area contributed by atoms with Gasteiger partial charge in [-0.2, -0.15) is 0 Å². The first-order valence-corrected chi connectivity index (χ1v) is 14.1. The van der Waals surface area contributed by atoms with E-state index >= 15 is 0 Å². The summed E-state index contributed by atoms with van der Waals surface area (Å²) in [6, 6.07) is 0. The Bertz CT molecular complexity index is 522. The van der Waals surface area contributed by atoms with Crippen LogP contribution in [0.15, 0.2) is 11.1 Å². The fraction of sp³-hybridized carbons (Fsp3) is 0.862. The van der Waals surface area contributed by atoms with Crippen molar-refractivity contribution >= 4 is 11.9 Å². The van der Waals surface area contributed by atoms with Gasteiger partial charge in [0.1, 0.15) is 0 Å². The molecule has 0 atom stereocenters. The minimum absolute atomic E-state index is 0.0650. The van der Waals surface area contributed by atoms with Gasteiger partial charge in [0.05, 0.1) is 18.8 Å². The summed E-state index contributed by atoms with van der Waals surface area (Å²) in [7, 11) is 0. The number of esters is 2. The molecule has 4 heteroatoms. The van der Waals surface area contributed by atoms with Crippen molar-refractivity contribution in [1.82, 2.24) is 0 Å². The summed E-state index contributed by atoms with van der Waals surface area (Å²) < 4.78 is 11.2. The Balaban J connectivity index is 4.94. The van der Waals surface area contributed by atoms with Gasteiger partial charge in [-0.25, -0.2) is 9.59 Å². The molecule has 0 aliphatic rings. The standard InChI is InChI=1S/C29H54O4/c1-6-9-12-15-17-20-23-32-28(30)26(22-19-14-11-8-3)27(25(4)5)29(31)33-24-21-18-16-13-10-7-2/h25H,6-24H2,1-5H3/b27-26-. The highest BCUT2D eigenvalue weighted by molar-refractivity contribution is 6.00. The molecule has 0 saturated heterocycles. The first kappa shape index (κ1) is 31.7. The number of carbonyl (C=O) groups is 2. The van der Waals surface area contributed by atoms with Crippen LogP contribution in [0.4, 0.5) is 0 Å². The Morgan fingerprint density at radius 1 is 0.545 bits per heavy atom. The number of hydrogen-bond acceptors (Lipinski definition) is 4. The molecule has 0 aromatic carbocycles. The van der Waals surface area contributed by atoms with Crippen LogP contribution >= 0.6 is 0 Å². The van der Waals surface area contributed by atoms with Crippen molar-refractivity contribution in [2.24, 2.45) is 5.92 Å². The summed E-state index contributed by atoms with van der Waals surface area (Å²) in [5.41, 5.74) is 1.06. The van der Waals surface area contributed by atoms with E-state index in [-0.39, 0.29) is 17.9 Å². The predicted octanol–water partition coefficient (Wildman–Crippen LogP) is 8.72. The zero-order valence-electron chi connectivity index (χ0n) is 22.6. The van der Waals surface area contributed by atoms with Crippen molar-refractivity contribution in [3.63, 3.8) is 0 Å². The van der Waals surface area contributed by atoms with Gasteiger partial charge in [0.2, 0.25) is 0 Å². The molecule has 0 bridgehead atoms. The van der Waals surface area contributed by atoms with Crippen LogP contribution in [-0.4, -0.2) is 25.2 Å². The molecule has 0 heterocycles. The molecule has 33 heavy (non-hydrogen) atoms. The van der Waals surface area contributed by atoms with Crippen molar-refractivity contribution in [3.05, 3.63) is 11.1 Å². The Hall–Kier alpha value is -1.32. The van der Waals surface area contributed by atoms with E-state index in [1.807, 2.05) is 13.8 Å². The normalized spacial score (nSPS) is 12.1. The summed E-state index contributed by atoms with van der Waals surface area (Å²) in [6.45, 7) is 11.4. The first-order chi connectivity index (χ1) is 16.0. The predicted molar refractivity (Wildman–Crippen MR) is 139 cm³/mol. The lowest BCUT2D eigenvalue weighted by Gasteiger charge is -2.17. The molecule has 0 aromatic heterocycles. The quantitative estimate of drug-likeness (QED) is 0.0909. The van der Waals surface area contributed by atoms with E-state index in [1.54, 1.807) is 0 Å². The molecule has 4 nitrogen and oxygen atoms in total. The van der Waals surface area contributed by atoms with E-state index < -0.39 is 0 Å². The summed E-state index contributed by atoms with van der Waals surface area (Å²) >= 11 is 0. The first-order valence-electron chi connectivity index (χ1n) is 14.1. The van der Waals surface area contributed by atoms with Gasteiger partial charge >= 0.3 is 11.9 Å². The summed E-state index contributed by atoms with van der Waals surface area (Å²) in [5.74, 6) is -0.717. The molecule has 0 fully saturated rings. The minimum Gasteiger partial charge on any atom is -0.462 e. The van der Waals surface area contributed by atoms with Crippen LogP contribution in [0.1, 0.15) is 144 Å². The fourth-order valence-corrected chi connectivity index (χ4v) is 4.04. The molecule has 0 amide bonds. The SMILES string of the molecule is CCCCCCCCOC(=O)/C(CCCCCC)=C(\C(=O)OCCCCCCCC)C(C)C. The topological polar surface area (TPSA) is 52.6 Å². The van der Waals surface area contributed by atoms with E-state index in [0.717, 1.165) is 51.4 Å². The molecule has 194 valence electrons. The molecule has 0 aromatic rings. The van der Waals surface area contributed by atoms with Gasteiger partial charge in [0.25, 0.3) is 0 Å². The van der Waals surface area contributed by atoms with Gasteiger partial charge < -0.3 is 9.47 Å². The van der Waals surface area contributed by atoms with Crippen LogP contribution in [0.3, 0.4) is 0 Å². The minimum atomic E-state index is -0.333. The molecular formula is C29H54O4. The van der Waals surface area contributed by atoms with Gasteiger partial charge in [-0.05, 0) is 31.6 Å². The fourth-order valence-electron chi connectivity index (χ4n) is 4.04. The number of rotatable bonds is 22. The van der Waals surface area contributed by atoms with Gasteiger partial charge in [-0.1, -0.05) is 118 Å². The van der Waals surface area contributed by atoms with Crippen molar-refractivity contribution < 1.29 is 19.1 Å². The monoisotopic (exact) mass is 466 g/mol. The van der Waals surface area contributed by atoms with Crippen LogP contribution in [-0.2, 0) is 19.1 Å². The second-order valence-corrected chi connectivity index (χ2v) is 9.66. The van der Waals surface area contributed by atoms with Crippen molar-refractivity contribution in [3.8, 4) is 0 Å². The van der Waals surface area contributed by atoms with Crippen LogP contribution < -0.4 is 0 Å². The van der Waals surface area contributed by atoms with Crippen LogP contribution in [0.5, 0.6) is 0 Å². The molecule has 0 spiro atoms. The lowest BCUT2D eigenvalue weighted by Crippen LogP contribution is -2.21. The van der Waals surface area contributed by atoms with Crippen LogP contribution in [0, 0.1) is 5.92 Å². The Morgan fingerprint density at radius 2 is 0.939 bits per heavy atom. The van der Waals surface area contributed by atoms with Gasteiger partial charge in [-0.15, -0.1) is 0 Å². The van der Waals surface area contributed by atoms with E-state index in [2.05, 4.69) is 20.8 Å². The average Bonchev–Trinajstić information content (AvgIpc) is 2.79. The number of ether oxygens (including phenoxy) is 2. The molecule has 0 radical (unpaired) electrons. The average molecular weight is 467 g/mol. The van der Waals surface area contributed by atoms with Crippen molar-refractivity contribution in [1.29, 1.82) is 0 Å². The van der Waals surface area contributed by atoms with Crippen molar-refractivity contribution in [2.45, 2.75) is 144 Å². The zero-order valence-corrected chi connectivity index (χ0v) is 22.6. The lowest BCUT2D eigenvalue weighted by molar-refractivity contribution is -0.143. The smallest absolute Gasteiger partial charge is 0.334 e. The molecular weight excluding hydrogens is 412 g/mol. The van der Waals surface area contributed by atoms with Crippen LogP contribution in [0.2, 0.25) is 0 Å². The highest BCUT2D eigenvalue weighted by Gasteiger charge is 2.25. The van der Waals surface area contributed by atoms with Crippen molar-refractivity contribution in [2.75, 3.05) is 13.2 Å². The van der Waals surface area contributed by atoms with E-state index in [0.29, 0.717) is 30.8 Å². The molecule has 0 aliphatic heterocycles. The largest absolute Gasteiger partial charge is 0.462 e. The Labute approximate surface area is 205 Å². The van der Waals surface area contributed by atoms with Gasteiger partial charge in [0, 0.05) is 5.57 Å². The Morgan fingerprint density at radius 3 is 1.39 bits per heavy atom. The van der Waals surface area contributed by atoms with Crippen LogP contribution in [0.25, 0.3) is 0 Å². The third kappa shape index (κ3) is 16.9. The summed E-state index contributed by atoms with van der Waals surface area (Å²) in [6.07, 6.45) is 18.6. The maximum absolute atomic E-state index is 13.0. The second-order valence-electron chi connectivity index (χ2n) is 9.66. The lowest BCUT2D eigenvalue weighted by atomic mass is 9.93. The third-order valence-corrected chi connectivity index (χ3v) is 6.11. The number of carbonyl (C=O) groups excluding carboxylic acids is 2. The number of hydrogen-bond donors (Lipinski definition) is 0. The van der Waals surface area contributed by atoms with E-state index in [4.69, 9.17) is 9.47 Å². The molecule has 0 rings (SSSR count). The highest BCUT2D eigenvalue weighted by atomic mass is 16.5. The molecule has 0 N–H and O–H groups in total. The third-order valence-electron chi connectivity index (χ3n) is 6.11. The molecule has 0 unspecified atom stereocenters. The zero-order chi connectivity index (χ0) is 24.7. The maximum atomic E-state index is 13.0. The van der Waals surface area contributed by atoms with Gasteiger partial charge in [-0.3, -0.25) is 0 Å². The van der Waals surface area contributed by atoms with E-state index in [9.17, 15) is 9.59 Å². The van der Waals surface area contributed by atoms with Gasteiger partial charge in [0.15, 0.2) is 0 Å². The number of unbranched alkanes of at least 4 members (excludes halogenated alkanes) is 13. The summed E-state index contributed by atoms with van der Waals surface area (Å²) in [5, 5.41) is 0.